The third-order valence-corrected chi connectivity index (χ3v) is 23.6. The van der Waals surface area contributed by atoms with Crippen LogP contribution in [0, 0.1) is 18.8 Å². The van der Waals surface area contributed by atoms with Crippen LogP contribution in [0.2, 0.25) is 20.4 Å². The molecule has 0 spiro atoms. The standard InChI is InChI=1S/2C28H36ClN5O3S.C13H13Cl2N3O2S.CHI3.CH2I.V/c2*1-17(2)37-25-15-21(20-10-12-30-13-11-20)19(5)14-24(25)33-28-31-16-22(29)27(34-28)32-23-8-6-7-9-26(23)38(35,36)18(3)4;1-8(2)21(19,20)11-6-4-3-5-10(11)17-12-9(14)7-16-13(15)18-12;2-1(3)4;1-2;/h2*6-9,14-18,20,30H,10-13H2,1-5H3,(H2,31,32,33,34);3-8H,1-2H3,(H,16,17,18);1H;1H2;/q;;;;-1;. The second-order valence-corrected chi connectivity index (χ2v) is 44.9. The topological polar surface area (TPSA) is 282 Å². The molecule has 7 N–H and O–H groups in total. The Morgan fingerprint density at radius 2 is 0.740 bits per heavy atom. The normalized spacial score (nSPS) is 13.5. The zero-order valence-corrected chi connectivity index (χ0v) is 75.1. The molecule has 2 aliphatic rings. The second kappa shape index (κ2) is 43.1. The molecule has 8 aromatic rings. The van der Waals surface area contributed by atoms with Gasteiger partial charge in [0, 0.05) is 18.6 Å². The molecule has 0 saturated carbocycles. The number of hydrogen-bond acceptors (Lipinski definition) is 21. The number of nitrogens with one attached hydrogen (secondary N) is 7. The van der Waals surface area contributed by atoms with Crippen molar-refractivity contribution in [2.75, 3.05) is 52.8 Å². The number of sulfone groups is 3. The van der Waals surface area contributed by atoms with E-state index in [4.69, 9.17) is 55.9 Å². The molecule has 2 aliphatic heterocycles. The summed E-state index contributed by atoms with van der Waals surface area (Å²) in [5.74, 6) is 3.92. The summed E-state index contributed by atoms with van der Waals surface area (Å²) in [7, 11) is -10.5. The summed E-state index contributed by atoms with van der Waals surface area (Å²) >= 11 is 33.4. The Hall–Kier alpha value is -3.63. The number of piperidine rings is 2. The van der Waals surface area contributed by atoms with Crippen molar-refractivity contribution in [3.8, 4) is 11.5 Å². The van der Waals surface area contributed by atoms with E-state index < -0.39 is 45.3 Å². The molecule has 2 fully saturated rings. The van der Waals surface area contributed by atoms with Crippen molar-refractivity contribution in [2.45, 2.75) is 163 Å². The molecule has 0 aliphatic carbocycles. The first-order valence-corrected chi connectivity index (χ1v) is 44.4. The SMILES string of the molecule is CC(C)S(=O)(=O)c1ccccc1Nc1nc(Cl)ncc1Cl.Cc1cc(Nc2ncc(Cl)c(Nc3ccccc3S(=O)(=O)C(C)C)n2)c(OC(C)C)cc1C1CCNCC1.Cc1cc(Nc2ncc(Cl)c(Nc3ccccc3S(=O)(=O)C(C)C)n2)c(OC(C)C)cc1C1CCNCC1.IC(I)I.[CH2-]I.[V]. The maximum Gasteiger partial charge on any atom is 0.229 e. The molecule has 5 aromatic carbocycles. The molecule has 5 heterocycles. The maximum atomic E-state index is 12.9. The van der Waals surface area contributed by atoms with Crippen LogP contribution in [0.15, 0.2) is 130 Å². The van der Waals surface area contributed by atoms with Gasteiger partial charge in [-0.2, -0.15) is 15.0 Å². The molecule has 10 rings (SSSR count). The van der Waals surface area contributed by atoms with Crippen molar-refractivity contribution in [3.05, 3.63) is 163 Å². The third-order valence-electron chi connectivity index (χ3n) is 15.9. The predicted octanol–water partition coefficient (Wildman–Crippen LogP) is 20.2. The fraction of sp³-hybridized carbons (Fsp3) is 0.394. The van der Waals surface area contributed by atoms with Gasteiger partial charge in [-0.05, 0) is 241 Å². The van der Waals surface area contributed by atoms with Crippen LogP contribution in [0.1, 0.15) is 129 Å². The van der Waals surface area contributed by atoms with Crippen LogP contribution in [-0.2, 0) is 48.1 Å². The minimum absolute atomic E-state index is 0. The molecule has 3 aromatic heterocycles. The van der Waals surface area contributed by atoms with Crippen molar-refractivity contribution >= 4 is 224 Å². The molecule has 0 bridgehead atoms. The summed E-state index contributed by atoms with van der Waals surface area (Å²) in [5.41, 5.74) is 7.66. The molecule has 2 saturated heterocycles. The van der Waals surface area contributed by atoms with E-state index in [1.807, 2.05) is 50.3 Å². The molecule has 21 nitrogen and oxygen atoms in total. The van der Waals surface area contributed by atoms with Crippen LogP contribution < -0.4 is 46.7 Å². The van der Waals surface area contributed by atoms with Crippen LogP contribution in [0.4, 0.5) is 57.8 Å². The maximum absolute atomic E-state index is 12.9. The second-order valence-electron chi connectivity index (χ2n) is 25.0. The van der Waals surface area contributed by atoms with Crippen LogP contribution >= 0.6 is 137 Å². The number of benzene rings is 5. The van der Waals surface area contributed by atoms with Crippen LogP contribution in [0.25, 0.3) is 0 Å². The van der Waals surface area contributed by atoms with Crippen molar-refractivity contribution in [1.82, 2.24) is 40.5 Å². The van der Waals surface area contributed by atoms with Gasteiger partial charge in [0.1, 0.15) is 26.5 Å². The Morgan fingerprint density at radius 3 is 1.04 bits per heavy atom. The molecular weight excluding hydrogens is 1960 g/mol. The van der Waals surface area contributed by atoms with Gasteiger partial charge >= 0.3 is 0 Å². The molecule has 1 radical (unpaired) electrons. The number of aromatic nitrogens is 6. The number of nitrogens with zero attached hydrogens (tertiary/aromatic N) is 6. The average Bonchev–Trinajstić information content (AvgIpc) is 0.815. The van der Waals surface area contributed by atoms with Crippen LogP contribution in [-0.4, -0.2) is 109 Å². The summed E-state index contributed by atoms with van der Waals surface area (Å²) in [6, 6.07) is 28.4. The Bertz CT molecular complexity index is 4280. The fourth-order valence-electron chi connectivity index (χ4n) is 10.8. The number of halogens is 8. The molecule has 0 unspecified atom stereocenters. The molecule has 104 heavy (non-hydrogen) atoms. The minimum atomic E-state index is -3.52. The molecule has 0 amide bonds. The van der Waals surface area contributed by atoms with E-state index in [2.05, 4.69) is 178 Å². The van der Waals surface area contributed by atoms with Gasteiger partial charge in [0.05, 0.1) is 89.7 Å². The minimum Gasteiger partial charge on any atom is -0.489 e. The van der Waals surface area contributed by atoms with E-state index in [1.54, 1.807) is 108 Å². The van der Waals surface area contributed by atoms with Gasteiger partial charge in [-0.15, -0.1) is 0 Å². The number of alkyl halides is 3. The number of rotatable bonds is 22. The summed E-state index contributed by atoms with van der Waals surface area (Å²) in [5, 5.41) is 21.7. The van der Waals surface area contributed by atoms with E-state index in [0.29, 0.717) is 52.4 Å². The van der Waals surface area contributed by atoms with E-state index in [-0.39, 0.29) is 71.6 Å². The monoisotopic (exact) mass is 2050 g/mol. The van der Waals surface area contributed by atoms with Crippen molar-refractivity contribution in [3.63, 3.8) is 0 Å². The zero-order valence-electron chi connectivity index (χ0n) is 59.6. The molecular formula is C71H88Cl4I4N13O8S3V-. The van der Waals surface area contributed by atoms with Crippen LogP contribution in [0.3, 0.4) is 0 Å². The van der Waals surface area contributed by atoms with E-state index in [1.165, 1.54) is 46.9 Å². The summed E-state index contributed by atoms with van der Waals surface area (Å²) in [6.07, 6.45) is 8.67. The number of para-hydroxylation sites is 3. The number of aryl methyl sites for hydroxylation is 2. The Labute approximate surface area is 700 Å². The van der Waals surface area contributed by atoms with E-state index >= 15 is 0 Å². The Morgan fingerprint density at radius 1 is 0.452 bits per heavy atom. The smallest absolute Gasteiger partial charge is 0.229 e. The van der Waals surface area contributed by atoms with Gasteiger partial charge in [-0.1, -0.05) is 139 Å². The number of anilines is 10. The van der Waals surface area contributed by atoms with Gasteiger partial charge in [-0.3, -0.25) is 4.93 Å². The van der Waals surface area contributed by atoms with Gasteiger partial charge < -0.3 is 69.3 Å². The summed E-state index contributed by atoms with van der Waals surface area (Å²) in [4.78, 5) is 29.3. The van der Waals surface area contributed by atoms with Crippen LogP contribution in [0.5, 0.6) is 11.5 Å². The Balaban J connectivity index is 0.000000279. The first-order valence-electron chi connectivity index (χ1n) is 33.0. The molecule has 565 valence electrons. The van der Waals surface area contributed by atoms with Crippen molar-refractivity contribution in [1.29, 1.82) is 0 Å². The van der Waals surface area contributed by atoms with Gasteiger partial charge in [0.2, 0.25) is 17.2 Å². The van der Waals surface area contributed by atoms with Gasteiger partial charge in [0.15, 0.2) is 47.0 Å². The van der Waals surface area contributed by atoms with Crippen molar-refractivity contribution in [2.24, 2.45) is 0 Å². The quantitative estimate of drug-likeness (QED) is 0.0144. The van der Waals surface area contributed by atoms with Crippen molar-refractivity contribution < 1.29 is 53.3 Å². The third kappa shape index (κ3) is 26.3. The van der Waals surface area contributed by atoms with E-state index in [0.717, 1.165) is 74.7 Å². The van der Waals surface area contributed by atoms with Gasteiger partial charge in [-0.25, -0.2) is 40.2 Å². The first-order chi connectivity index (χ1) is 48.7. The fourth-order valence-corrected chi connectivity index (χ4v) is 14.9. The number of hydrogen-bond donors (Lipinski definition) is 7. The van der Waals surface area contributed by atoms with E-state index in [9.17, 15) is 25.3 Å². The number of ether oxygens (including phenoxy) is 2. The summed E-state index contributed by atoms with van der Waals surface area (Å²) in [6.45, 7) is 26.1. The summed E-state index contributed by atoms with van der Waals surface area (Å²) < 4.78 is 89.4. The molecule has 33 heteroatoms. The van der Waals surface area contributed by atoms with Gasteiger partial charge in [0.25, 0.3) is 0 Å². The molecule has 0 atom stereocenters. The Kier molecular flexibility index (Phi) is 37.7. The largest absolute Gasteiger partial charge is 0.489 e. The first kappa shape index (κ1) is 91.0. The predicted molar refractivity (Wildman–Crippen MR) is 458 cm³/mol. The average molecular weight is 2050 g/mol. The zero-order chi connectivity index (χ0) is 76.1.